The zero-order valence-corrected chi connectivity index (χ0v) is 7.28. The minimum atomic E-state index is -0.328. The van der Waals surface area contributed by atoms with Gasteiger partial charge in [-0.15, -0.1) is 0 Å². The smallest absolute Gasteiger partial charge is 0.290 e. The molecule has 1 aromatic heterocycles. The molecule has 0 bridgehead atoms. The second-order valence-corrected chi connectivity index (χ2v) is 2.54. The molecular formula is C8H12N2O2. The minimum absolute atomic E-state index is 0.236. The van der Waals surface area contributed by atoms with E-state index in [9.17, 15) is 10.1 Å². The maximum atomic E-state index is 10.5. The van der Waals surface area contributed by atoms with Crippen LogP contribution in [0, 0.1) is 10.1 Å². The Morgan fingerprint density at radius 2 is 2.25 bits per heavy atom. The van der Waals surface area contributed by atoms with Crippen molar-refractivity contribution in [3.05, 3.63) is 28.1 Å². The number of nitrogens with zero attached hydrogens (tertiary/aromatic N) is 2. The predicted octanol–water partition coefficient (Wildman–Crippen LogP) is 1.98. The van der Waals surface area contributed by atoms with E-state index in [0.717, 1.165) is 12.2 Å². The third-order valence-corrected chi connectivity index (χ3v) is 1.93. The average Bonchev–Trinajstić information content (AvgIpc) is 2.46. The van der Waals surface area contributed by atoms with Gasteiger partial charge in [-0.25, -0.2) is 0 Å². The molecule has 0 aliphatic carbocycles. The standard InChI is InChI=1S/C8H12N2O2/c1-3-7-8(10(11)12)5-6-9(7)4-2/h5-6H,3-4H2,1-2H3. The van der Waals surface area contributed by atoms with Crippen LogP contribution in [-0.2, 0) is 13.0 Å². The SMILES string of the molecule is CCc1c([N+](=O)[O-])ccn1CC. The molecule has 4 nitrogen and oxygen atoms in total. The Morgan fingerprint density at radius 1 is 1.58 bits per heavy atom. The van der Waals surface area contributed by atoms with Crippen LogP contribution in [0.5, 0.6) is 0 Å². The van der Waals surface area contributed by atoms with Gasteiger partial charge >= 0.3 is 0 Å². The Hall–Kier alpha value is -1.32. The molecule has 4 heteroatoms. The van der Waals surface area contributed by atoms with Crippen molar-refractivity contribution in [1.82, 2.24) is 4.57 Å². The van der Waals surface area contributed by atoms with Crippen LogP contribution in [0.4, 0.5) is 5.69 Å². The first kappa shape index (κ1) is 8.77. The molecule has 12 heavy (non-hydrogen) atoms. The Kier molecular flexibility index (Phi) is 2.47. The highest BCUT2D eigenvalue weighted by molar-refractivity contribution is 5.36. The topological polar surface area (TPSA) is 48.1 Å². The first-order chi connectivity index (χ1) is 5.70. The van der Waals surface area contributed by atoms with Gasteiger partial charge in [-0.2, -0.15) is 0 Å². The number of rotatable bonds is 3. The molecule has 0 aliphatic rings. The van der Waals surface area contributed by atoms with E-state index in [1.54, 1.807) is 12.3 Å². The molecule has 0 fully saturated rings. The summed E-state index contributed by atoms with van der Waals surface area (Å²) in [6.45, 7) is 4.69. The van der Waals surface area contributed by atoms with Gasteiger partial charge in [-0.05, 0) is 13.3 Å². The lowest BCUT2D eigenvalue weighted by Crippen LogP contribution is -2.00. The van der Waals surface area contributed by atoms with Crippen LogP contribution in [0.15, 0.2) is 12.3 Å². The van der Waals surface area contributed by atoms with E-state index in [4.69, 9.17) is 0 Å². The highest BCUT2D eigenvalue weighted by Crippen LogP contribution is 2.19. The monoisotopic (exact) mass is 168 g/mol. The maximum absolute atomic E-state index is 10.5. The second kappa shape index (κ2) is 3.38. The molecule has 0 aromatic carbocycles. The van der Waals surface area contributed by atoms with E-state index in [0.29, 0.717) is 6.42 Å². The van der Waals surface area contributed by atoms with Gasteiger partial charge in [-0.1, -0.05) is 6.92 Å². The first-order valence-electron chi connectivity index (χ1n) is 4.03. The van der Waals surface area contributed by atoms with Crippen LogP contribution in [0.1, 0.15) is 19.5 Å². The van der Waals surface area contributed by atoms with E-state index < -0.39 is 0 Å². The molecule has 0 aliphatic heterocycles. The molecule has 0 spiro atoms. The maximum Gasteiger partial charge on any atom is 0.290 e. The second-order valence-electron chi connectivity index (χ2n) is 2.54. The molecule has 0 saturated carbocycles. The highest BCUT2D eigenvalue weighted by Gasteiger charge is 2.15. The van der Waals surface area contributed by atoms with Gasteiger partial charge in [0.1, 0.15) is 0 Å². The molecule has 0 atom stereocenters. The molecule has 66 valence electrons. The quantitative estimate of drug-likeness (QED) is 0.511. The van der Waals surface area contributed by atoms with Crippen LogP contribution in [0.2, 0.25) is 0 Å². The van der Waals surface area contributed by atoms with Crippen molar-refractivity contribution in [2.75, 3.05) is 0 Å². The van der Waals surface area contributed by atoms with Crippen molar-refractivity contribution >= 4 is 5.69 Å². The fraction of sp³-hybridized carbons (Fsp3) is 0.500. The average molecular weight is 168 g/mol. The molecule has 0 N–H and O–H groups in total. The Labute approximate surface area is 71.0 Å². The largest absolute Gasteiger partial charge is 0.346 e. The molecule has 0 unspecified atom stereocenters. The summed E-state index contributed by atoms with van der Waals surface area (Å²) >= 11 is 0. The fourth-order valence-corrected chi connectivity index (χ4v) is 1.34. The van der Waals surface area contributed by atoms with Crippen molar-refractivity contribution in [3.63, 3.8) is 0 Å². The van der Waals surface area contributed by atoms with E-state index in [1.165, 1.54) is 0 Å². The Balaban J connectivity index is 3.13. The summed E-state index contributed by atoms with van der Waals surface area (Å²) in [7, 11) is 0. The van der Waals surface area contributed by atoms with Crippen LogP contribution >= 0.6 is 0 Å². The number of hydrogen-bond acceptors (Lipinski definition) is 2. The summed E-state index contributed by atoms with van der Waals surface area (Å²) in [5.41, 5.74) is 1.04. The van der Waals surface area contributed by atoms with Gasteiger partial charge in [0.15, 0.2) is 0 Å². The first-order valence-corrected chi connectivity index (χ1v) is 4.03. The molecule has 0 amide bonds. The van der Waals surface area contributed by atoms with Crippen LogP contribution < -0.4 is 0 Å². The molecule has 1 heterocycles. The molecular weight excluding hydrogens is 156 g/mol. The number of hydrogen-bond donors (Lipinski definition) is 0. The van der Waals surface area contributed by atoms with E-state index >= 15 is 0 Å². The van der Waals surface area contributed by atoms with E-state index in [1.807, 2.05) is 18.4 Å². The number of nitro groups is 1. The number of aryl methyl sites for hydroxylation is 1. The lowest BCUT2D eigenvalue weighted by Gasteiger charge is -2.01. The Bertz CT molecular complexity index is 291. The van der Waals surface area contributed by atoms with Gasteiger partial charge < -0.3 is 4.57 Å². The number of aromatic nitrogens is 1. The van der Waals surface area contributed by atoms with Crippen molar-refractivity contribution < 1.29 is 4.92 Å². The Morgan fingerprint density at radius 3 is 2.67 bits per heavy atom. The minimum Gasteiger partial charge on any atom is -0.346 e. The third-order valence-electron chi connectivity index (χ3n) is 1.93. The summed E-state index contributed by atoms with van der Waals surface area (Å²) < 4.78 is 1.90. The highest BCUT2D eigenvalue weighted by atomic mass is 16.6. The van der Waals surface area contributed by atoms with Crippen LogP contribution in [0.3, 0.4) is 0 Å². The van der Waals surface area contributed by atoms with Gasteiger partial charge in [0.2, 0.25) is 0 Å². The van der Waals surface area contributed by atoms with Crippen molar-refractivity contribution in [2.45, 2.75) is 26.8 Å². The van der Waals surface area contributed by atoms with Crippen molar-refractivity contribution in [1.29, 1.82) is 0 Å². The zero-order chi connectivity index (χ0) is 9.14. The van der Waals surface area contributed by atoms with Crippen molar-refractivity contribution in [3.8, 4) is 0 Å². The lowest BCUT2D eigenvalue weighted by atomic mass is 10.3. The molecule has 0 radical (unpaired) electrons. The fourth-order valence-electron chi connectivity index (χ4n) is 1.34. The van der Waals surface area contributed by atoms with Gasteiger partial charge in [0, 0.05) is 18.8 Å². The van der Waals surface area contributed by atoms with Gasteiger partial charge in [0.05, 0.1) is 10.6 Å². The lowest BCUT2D eigenvalue weighted by molar-refractivity contribution is -0.385. The van der Waals surface area contributed by atoms with Crippen LogP contribution in [0.25, 0.3) is 0 Å². The molecule has 1 aromatic rings. The van der Waals surface area contributed by atoms with Gasteiger partial charge in [0.25, 0.3) is 5.69 Å². The summed E-state index contributed by atoms with van der Waals surface area (Å²) in [6.07, 6.45) is 2.47. The predicted molar refractivity (Wildman–Crippen MR) is 46.1 cm³/mol. The molecule has 0 saturated heterocycles. The van der Waals surface area contributed by atoms with Crippen molar-refractivity contribution in [2.24, 2.45) is 0 Å². The summed E-state index contributed by atoms with van der Waals surface area (Å²) in [5.74, 6) is 0. The third kappa shape index (κ3) is 1.32. The summed E-state index contributed by atoms with van der Waals surface area (Å²) in [5, 5.41) is 10.5. The van der Waals surface area contributed by atoms with Crippen LogP contribution in [-0.4, -0.2) is 9.49 Å². The normalized spacial score (nSPS) is 10.2. The van der Waals surface area contributed by atoms with E-state index in [2.05, 4.69) is 0 Å². The molecule has 1 rings (SSSR count). The van der Waals surface area contributed by atoms with E-state index in [-0.39, 0.29) is 10.6 Å². The van der Waals surface area contributed by atoms with Gasteiger partial charge in [-0.3, -0.25) is 10.1 Å². The zero-order valence-electron chi connectivity index (χ0n) is 7.28. The summed E-state index contributed by atoms with van der Waals surface area (Å²) in [6, 6.07) is 1.56. The summed E-state index contributed by atoms with van der Waals surface area (Å²) in [4.78, 5) is 10.2.